The van der Waals surface area contributed by atoms with E-state index in [0.717, 1.165) is 59.5 Å². The van der Waals surface area contributed by atoms with Crippen molar-refractivity contribution >= 4 is 39.7 Å². The van der Waals surface area contributed by atoms with E-state index in [1.165, 1.54) is 6.33 Å². The van der Waals surface area contributed by atoms with Crippen LogP contribution >= 0.6 is 11.6 Å². The maximum atomic E-state index is 8.58. The number of nitrogens with zero attached hydrogens (tertiary/aromatic N) is 5. The first-order valence-electron chi connectivity index (χ1n) is 11.7. The van der Waals surface area contributed by atoms with Crippen molar-refractivity contribution in [1.29, 1.82) is 5.41 Å². The number of benzene rings is 1. The van der Waals surface area contributed by atoms with Crippen LogP contribution < -0.4 is 11.1 Å². The Kier molecular flexibility index (Phi) is 6.61. The van der Waals surface area contributed by atoms with Crippen molar-refractivity contribution in [2.45, 2.75) is 25.8 Å². The van der Waals surface area contributed by atoms with Crippen molar-refractivity contribution in [3.63, 3.8) is 0 Å². The van der Waals surface area contributed by atoms with E-state index in [0.29, 0.717) is 29.4 Å². The van der Waals surface area contributed by atoms with Gasteiger partial charge >= 0.3 is 0 Å². The fraction of sp³-hybridized carbons (Fsp3) is 0.320. The topological polar surface area (TPSA) is 132 Å². The van der Waals surface area contributed by atoms with Gasteiger partial charge in [0, 0.05) is 17.1 Å². The minimum Gasteiger partial charge on any atom is -0.383 e. The number of H-pyrrole nitrogens is 1. The van der Waals surface area contributed by atoms with Gasteiger partial charge in [0.1, 0.15) is 18.0 Å². The average molecular weight is 490 g/mol. The monoisotopic (exact) mass is 489 g/mol. The van der Waals surface area contributed by atoms with Crippen LogP contribution in [0.1, 0.15) is 35.4 Å². The zero-order chi connectivity index (χ0) is 24.4. The second kappa shape index (κ2) is 9.97. The zero-order valence-electron chi connectivity index (χ0n) is 19.6. The molecule has 3 aromatic heterocycles. The van der Waals surface area contributed by atoms with Crippen LogP contribution in [-0.2, 0) is 13.0 Å². The van der Waals surface area contributed by atoms with E-state index in [1.807, 2.05) is 12.1 Å². The quantitative estimate of drug-likeness (QED) is 0.289. The number of aromatic amines is 1. The number of rotatable bonds is 7. The summed E-state index contributed by atoms with van der Waals surface area (Å²) in [6.45, 7) is 2.64. The predicted octanol–water partition coefficient (Wildman–Crippen LogP) is 3.90. The number of pyridine rings is 1. The van der Waals surface area contributed by atoms with E-state index >= 15 is 0 Å². The number of anilines is 2. The van der Waals surface area contributed by atoms with Gasteiger partial charge in [-0.3, -0.25) is 15.5 Å². The molecule has 5 rings (SSSR count). The zero-order valence-corrected chi connectivity index (χ0v) is 20.3. The highest BCUT2D eigenvalue weighted by molar-refractivity contribution is 6.35. The molecule has 0 unspecified atom stereocenters. The Balaban J connectivity index is 1.44. The lowest BCUT2D eigenvalue weighted by Gasteiger charge is -2.29. The molecule has 0 bridgehead atoms. The smallest absolute Gasteiger partial charge is 0.141 e. The molecule has 0 saturated carbocycles. The maximum absolute atomic E-state index is 8.58. The fourth-order valence-corrected chi connectivity index (χ4v) is 4.96. The van der Waals surface area contributed by atoms with Crippen LogP contribution in [0.4, 0.5) is 11.6 Å². The summed E-state index contributed by atoms with van der Waals surface area (Å²) in [4.78, 5) is 15.8. The molecule has 4 heterocycles. The van der Waals surface area contributed by atoms with Gasteiger partial charge in [-0.15, -0.1) is 0 Å². The second-order valence-electron chi connectivity index (χ2n) is 9.05. The number of aromatic nitrogens is 5. The SMILES string of the molecule is CN1CCC(Cc2nc(CNc3ncnc(N)c3C(=N)c3cn[nH]c3)cc3cccc(Cl)c23)CC1. The first kappa shape index (κ1) is 23.2. The maximum Gasteiger partial charge on any atom is 0.141 e. The summed E-state index contributed by atoms with van der Waals surface area (Å²) >= 11 is 6.62. The number of fused-ring (bicyclic) bond motifs is 1. The molecule has 0 atom stereocenters. The molecule has 0 radical (unpaired) electrons. The molecule has 0 amide bonds. The van der Waals surface area contributed by atoms with E-state index in [2.05, 4.69) is 49.6 Å². The highest BCUT2D eigenvalue weighted by Gasteiger charge is 2.21. The fourth-order valence-electron chi connectivity index (χ4n) is 4.67. The van der Waals surface area contributed by atoms with Crippen LogP contribution in [0.2, 0.25) is 5.02 Å². The van der Waals surface area contributed by atoms with Crippen molar-refractivity contribution in [1.82, 2.24) is 30.0 Å². The third kappa shape index (κ3) is 4.96. The highest BCUT2D eigenvalue weighted by atomic mass is 35.5. The number of likely N-dealkylation sites (tertiary alicyclic amines) is 1. The molecule has 5 N–H and O–H groups in total. The van der Waals surface area contributed by atoms with Crippen LogP contribution in [0.15, 0.2) is 43.0 Å². The minimum absolute atomic E-state index is 0.195. The standard InChI is InChI=1S/C25H28ClN9/c1-35-7-5-15(6-8-35)9-20-21-16(3-2-4-19(21)26)10-18(34-20)13-29-25-22(24(28)30-14-31-25)23(27)17-11-32-33-12-17/h2-4,10-12,14-15,27H,5-9,13H2,1H3,(H,32,33)(H3,28,29,30,31). The van der Waals surface area contributed by atoms with Crippen molar-refractivity contribution in [3.8, 4) is 0 Å². The van der Waals surface area contributed by atoms with Crippen LogP contribution in [-0.4, -0.2) is 55.9 Å². The van der Waals surface area contributed by atoms with Gasteiger partial charge in [-0.2, -0.15) is 5.10 Å². The largest absolute Gasteiger partial charge is 0.383 e. The van der Waals surface area contributed by atoms with Gasteiger partial charge in [0.25, 0.3) is 0 Å². The Morgan fingerprint density at radius 2 is 2.11 bits per heavy atom. The van der Waals surface area contributed by atoms with Crippen molar-refractivity contribution in [2.75, 3.05) is 31.2 Å². The molecule has 1 aliphatic rings. The molecular formula is C25H28ClN9. The molecule has 0 spiro atoms. The van der Waals surface area contributed by atoms with Gasteiger partial charge in [0.15, 0.2) is 0 Å². The summed E-state index contributed by atoms with van der Waals surface area (Å²) < 4.78 is 0. The lowest BCUT2D eigenvalue weighted by atomic mass is 9.90. The molecule has 1 aromatic carbocycles. The summed E-state index contributed by atoms with van der Waals surface area (Å²) in [5, 5.41) is 21.4. The highest BCUT2D eigenvalue weighted by Crippen LogP contribution is 2.31. The second-order valence-corrected chi connectivity index (χ2v) is 9.45. The number of nitrogens with two attached hydrogens (primary N) is 1. The molecule has 0 aliphatic carbocycles. The first-order chi connectivity index (χ1) is 17.0. The van der Waals surface area contributed by atoms with Crippen LogP contribution in [0.25, 0.3) is 10.8 Å². The number of hydrogen-bond donors (Lipinski definition) is 4. The van der Waals surface area contributed by atoms with E-state index in [4.69, 9.17) is 27.7 Å². The third-order valence-corrected chi connectivity index (χ3v) is 6.92. The molecular weight excluding hydrogens is 462 g/mol. The number of hydrogen-bond acceptors (Lipinski definition) is 8. The lowest BCUT2D eigenvalue weighted by molar-refractivity contribution is 0.218. The number of nitrogen functional groups attached to an aromatic ring is 1. The van der Waals surface area contributed by atoms with Gasteiger partial charge in [-0.25, -0.2) is 9.97 Å². The molecule has 9 nitrogen and oxygen atoms in total. The molecule has 1 saturated heterocycles. The number of halogens is 1. The van der Waals surface area contributed by atoms with Crippen molar-refractivity contribution in [3.05, 3.63) is 70.5 Å². The molecule has 1 fully saturated rings. The van der Waals surface area contributed by atoms with E-state index in [1.54, 1.807) is 12.4 Å². The van der Waals surface area contributed by atoms with Gasteiger partial charge in [-0.05, 0) is 62.8 Å². The normalized spacial score (nSPS) is 14.9. The van der Waals surface area contributed by atoms with Gasteiger partial charge < -0.3 is 16.0 Å². The third-order valence-electron chi connectivity index (χ3n) is 6.61. The van der Waals surface area contributed by atoms with E-state index in [9.17, 15) is 0 Å². The van der Waals surface area contributed by atoms with E-state index < -0.39 is 0 Å². The Morgan fingerprint density at radius 3 is 2.89 bits per heavy atom. The molecule has 4 aromatic rings. The van der Waals surface area contributed by atoms with Crippen molar-refractivity contribution < 1.29 is 0 Å². The molecule has 180 valence electrons. The Hall–Kier alpha value is -3.56. The van der Waals surface area contributed by atoms with Gasteiger partial charge in [0.05, 0.1) is 40.4 Å². The predicted molar refractivity (Wildman–Crippen MR) is 139 cm³/mol. The molecule has 10 heteroatoms. The molecule has 35 heavy (non-hydrogen) atoms. The Labute approximate surface area is 208 Å². The van der Waals surface area contributed by atoms with Crippen LogP contribution in [0.5, 0.6) is 0 Å². The van der Waals surface area contributed by atoms with Crippen LogP contribution in [0, 0.1) is 11.3 Å². The summed E-state index contributed by atoms with van der Waals surface area (Å²) in [5.74, 6) is 1.30. The van der Waals surface area contributed by atoms with Crippen molar-refractivity contribution in [2.24, 2.45) is 5.92 Å². The Bertz CT molecular complexity index is 1340. The summed E-state index contributed by atoms with van der Waals surface area (Å²) in [7, 11) is 2.17. The number of nitrogens with one attached hydrogen (secondary N) is 3. The Morgan fingerprint density at radius 1 is 1.29 bits per heavy atom. The summed E-state index contributed by atoms with van der Waals surface area (Å²) in [6, 6.07) is 8.03. The summed E-state index contributed by atoms with van der Waals surface area (Å²) in [5.41, 5.74) is 9.28. The number of piperidine rings is 1. The van der Waals surface area contributed by atoms with Gasteiger partial charge in [0.2, 0.25) is 0 Å². The average Bonchev–Trinajstić information content (AvgIpc) is 3.39. The first-order valence-corrected chi connectivity index (χ1v) is 12.1. The van der Waals surface area contributed by atoms with E-state index in [-0.39, 0.29) is 11.5 Å². The van der Waals surface area contributed by atoms with Crippen LogP contribution in [0.3, 0.4) is 0 Å². The summed E-state index contributed by atoms with van der Waals surface area (Å²) in [6.07, 6.45) is 7.82. The minimum atomic E-state index is 0.195. The lowest BCUT2D eigenvalue weighted by Crippen LogP contribution is -2.31. The van der Waals surface area contributed by atoms with Gasteiger partial charge in [-0.1, -0.05) is 23.7 Å². The molecule has 1 aliphatic heterocycles.